The molecule has 0 N–H and O–H groups in total. The molecule has 0 aromatic heterocycles. The molecule has 0 radical (unpaired) electrons. The Morgan fingerprint density at radius 2 is 1.93 bits per heavy atom. The third kappa shape index (κ3) is 2.99. The van der Waals surface area contributed by atoms with Gasteiger partial charge in [0.15, 0.2) is 0 Å². The molecular weight excluding hydrogens is 172 g/mol. The zero-order valence-corrected chi connectivity index (χ0v) is 8.99. The molecule has 76 valence electrons. The largest absolute Gasteiger partial charge is 0.303 e. The van der Waals surface area contributed by atoms with Crippen molar-refractivity contribution in [3.05, 3.63) is 35.9 Å². The third-order valence-electron chi connectivity index (χ3n) is 2.56. The first-order valence-corrected chi connectivity index (χ1v) is 5.20. The summed E-state index contributed by atoms with van der Waals surface area (Å²) in [4.78, 5) is 11.0. The minimum Gasteiger partial charge on any atom is -0.303 e. The van der Waals surface area contributed by atoms with Gasteiger partial charge in [-0.1, -0.05) is 50.6 Å². The Bertz CT molecular complexity index is 279. The Morgan fingerprint density at radius 3 is 2.43 bits per heavy atom. The maximum atomic E-state index is 11.0. The Morgan fingerprint density at radius 1 is 1.29 bits per heavy atom. The highest BCUT2D eigenvalue weighted by molar-refractivity contribution is 5.59. The highest BCUT2D eigenvalue weighted by Gasteiger charge is 2.22. The van der Waals surface area contributed by atoms with Crippen LogP contribution in [0.5, 0.6) is 0 Å². The lowest BCUT2D eigenvalue weighted by molar-refractivity contribution is -0.115. The van der Waals surface area contributed by atoms with Gasteiger partial charge in [-0.2, -0.15) is 0 Å². The molecule has 0 bridgehead atoms. The molecule has 1 nitrogen and oxygen atoms in total. The van der Waals surface area contributed by atoms with Crippen molar-refractivity contribution < 1.29 is 4.79 Å². The van der Waals surface area contributed by atoms with Crippen molar-refractivity contribution in [3.63, 3.8) is 0 Å². The Hall–Kier alpha value is -1.11. The van der Waals surface area contributed by atoms with Crippen LogP contribution in [0.2, 0.25) is 0 Å². The first-order chi connectivity index (χ1) is 6.70. The fourth-order valence-corrected chi connectivity index (χ4v) is 1.82. The molecule has 0 amide bonds. The summed E-state index contributed by atoms with van der Waals surface area (Å²) in [5, 5.41) is 0. The monoisotopic (exact) mass is 190 g/mol. The minimum atomic E-state index is -0.184. The van der Waals surface area contributed by atoms with Crippen LogP contribution in [-0.2, 0) is 11.2 Å². The van der Waals surface area contributed by atoms with Crippen molar-refractivity contribution in [1.82, 2.24) is 0 Å². The summed E-state index contributed by atoms with van der Waals surface area (Å²) < 4.78 is 0. The summed E-state index contributed by atoms with van der Waals surface area (Å²) >= 11 is 0. The van der Waals surface area contributed by atoms with Gasteiger partial charge >= 0.3 is 0 Å². The maximum absolute atomic E-state index is 11.0. The van der Waals surface area contributed by atoms with E-state index in [9.17, 15) is 4.79 Å². The predicted octanol–water partition coefficient (Wildman–Crippen LogP) is 3.23. The van der Waals surface area contributed by atoms with Gasteiger partial charge in [-0.25, -0.2) is 0 Å². The van der Waals surface area contributed by atoms with Crippen LogP contribution in [0.15, 0.2) is 30.3 Å². The number of aldehydes is 1. The SMILES string of the molecule is CCCC(C)(C=O)Cc1ccccc1. The fraction of sp³-hybridized carbons (Fsp3) is 0.462. The molecule has 0 saturated heterocycles. The van der Waals surface area contributed by atoms with Crippen molar-refractivity contribution in [2.75, 3.05) is 0 Å². The molecule has 1 atom stereocenters. The molecule has 0 fully saturated rings. The van der Waals surface area contributed by atoms with Gasteiger partial charge in [-0.3, -0.25) is 0 Å². The van der Waals surface area contributed by atoms with Crippen LogP contribution in [0.4, 0.5) is 0 Å². The van der Waals surface area contributed by atoms with E-state index in [0.29, 0.717) is 0 Å². The van der Waals surface area contributed by atoms with E-state index >= 15 is 0 Å². The quantitative estimate of drug-likeness (QED) is 0.651. The third-order valence-corrected chi connectivity index (χ3v) is 2.56. The van der Waals surface area contributed by atoms with Crippen LogP contribution in [0, 0.1) is 5.41 Å². The molecule has 0 aliphatic rings. The maximum Gasteiger partial charge on any atom is 0.126 e. The van der Waals surface area contributed by atoms with Gasteiger partial charge in [-0.05, 0) is 18.4 Å². The Kier molecular flexibility index (Phi) is 3.87. The van der Waals surface area contributed by atoms with Gasteiger partial charge < -0.3 is 4.79 Å². The molecule has 1 heteroatoms. The van der Waals surface area contributed by atoms with Crippen molar-refractivity contribution in [1.29, 1.82) is 0 Å². The molecular formula is C13H18O. The van der Waals surface area contributed by atoms with E-state index in [1.807, 2.05) is 25.1 Å². The van der Waals surface area contributed by atoms with Crippen LogP contribution >= 0.6 is 0 Å². The summed E-state index contributed by atoms with van der Waals surface area (Å²) in [5.41, 5.74) is 1.06. The van der Waals surface area contributed by atoms with Crippen LogP contribution in [0.3, 0.4) is 0 Å². The Labute approximate surface area is 86.1 Å². The molecule has 0 saturated carbocycles. The van der Waals surface area contributed by atoms with E-state index in [1.165, 1.54) is 5.56 Å². The molecule has 0 heterocycles. The minimum absolute atomic E-state index is 0.184. The van der Waals surface area contributed by atoms with Gasteiger partial charge in [0.2, 0.25) is 0 Å². The lowest BCUT2D eigenvalue weighted by Gasteiger charge is -2.22. The highest BCUT2D eigenvalue weighted by atomic mass is 16.1. The van der Waals surface area contributed by atoms with E-state index in [-0.39, 0.29) is 5.41 Å². The number of carbonyl (C=O) groups excluding carboxylic acids is 1. The van der Waals surface area contributed by atoms with Gasteiger partial charge in [0.1, 0.15) is 6.29 Å². The number of carbonyl (C=O) groups is 1. The summed E-state index contributed by atoms with van der Waals surface area (Å²) in [6, 6.07) is 10.2. The summed E-state index contributed by atoms with van der Waals surface area (Å²) in [5.74, 6) is 0. The van der Waals surface area contributed by atoms with Crippen LogP contribution < -0.4 is 0 Å². The highest BCUT2D eigenvalue weighted by Crippen LogP contribution is 2.25. The van der Waals surface area contributed by atoms with E-state index in [2.05, 4.69) is 19.1 Å². The lowest BCUT2D eigenvalue weighted by Crippen LogP contribution is -2.21. The van der Waals surface area contributed by atoms with Gasteiger partial charge in [0.05, 0.1) is 0 Å². The molecule has 1 aromatic carbocycles. The average molecular weight is 190 g/mol. The predicted molar refractivity (Wildman–Crippen MR) is 59.2 cm³/mol. The fourth-order valence-electron chi connectivity index (χ4n) is 1.82. The van der Waals surface area contributed by atoms with Crippen molar-refractivity contribution in [3.8, 4) is 0 Å². The van der Waals surface area contributed by atoms with Crippen LogP contribution in [-0.4, -0.2) is 6.29 Å². The molecule has 1 unspecified atom stereocenters. The van der Waals surface area contributed by atoms with Gasteiger partial charge in [-0.15, -0.1) is 0 Å². The Balaban J connectivity index is 2.70. The molecule has 0 aliphatic carbocycles. The topological polar surface area (TPSA) is 17.1 Å². The molecule has 14 heavy (non-hydrogen) atoms. The smallest absolute Gasteiger partial charge is 0.126 e. The van der Waals surface area contributed by atoms with Gasteiger partial charge in [0, 0.05) is 5.41 Å². The molecule has 1 aromatic rings. The first-order valence-electron chi connectivity index (χ1n) is 5.20. The average Bonchev–Trinajstić information content (AvgIpc) is 2.20. The zero-order valence-electron chi connectivity index (χ0n) is 8.99. The van der Waals surface area contributed by atoms with Gasteiger partial charge in [0.25, 0.3) is 0 Å². The van der Waals surface area contributed by atoms with E-state index in [4.69, 9.17) is 0 Å². The number of rotatable bonds is 5. The molecule has 1 rings (SSSR count). The number of hydrogen-bond donors (Lipinski definition) is 0. The standard InChI is InChI=1S/C13H18O/c1-3-9-13(2,11-14)10-12-7-5-4-6-8-12/h4-8,11H,3,9-10H2,1-2H3. The van der Waals surface area contributed by atoms with E-state index in [0.717, 1.165) is 25.5 Å². The number of hydrogen-bond acceptors (Lipinski definition) is 1. The number of benzene rings is 1. The first kappa shape index (κ1) is 11.0. The normalized spacial score (nSPS) is 14.7. The second kappa shape index (κ2) is 4.94. The second-order valence-electron chi connectivity index (χ2n) is 4.18. The van der Waals surface area contributed by atoms with Crippen LogP contribution in [0.25, 0.3) is 0 Å². The molecule has 0 aliphatic heterocycles. The summed E-state index contributed by atoms with van der Waals surface area (Å²) in [6.07, 6.45) is 3.97. The summed E-state index contributed by atoms with van der Waals surface area (Å²) in [7, 11) is 0. The zero-order chi connectivity index (χ0) is 10.4. The lowest BCUT2D eigenvalue weighted by atomic mass is 9.81. The van der Waals surface area contributed by atoms with E-state index in [1.54, 1.807) is 0 Å². The van der Waals surface area contributed by atoms with Crippen molar-refractivity contribution in [2.45, 2.75) is 33.1 Å². The second-order valence-corrected chi connectivity index (χ2v) is 4.18. The molecule has 0 spiro atoms. The summed E-state index contributed by atoms with van der Waals surface area (Å²) in [6.45, 7) is 4.16. The van der Waals surface area contributed by atoms with Crippen molar-refractivity contribution >= 4 is 6.29 Å². The van der Waals surface area contributed by atoms with Crippen LogP contribution in [0.1, 0.15) is 32.3 Å². The van der Waals surface area contributed by atoms with E-state index < -0.39 is 0 Å². The van der Waals surface area contributed by atoms with Crippen molar-refractivity contribution in [2.24, 2.45) is 5.41 Å².